The fraction of sp³-hybridized carbons (Fsp3) is 0.462. The lowest BCUT2D eigenvalue weighted by molar-refractivity contribution is -0.124. The normalized spacial score (nSPS) is 16.3. The van der Waals surface area contributed by atoms with E-state index in [1.54, 1.807) is 18.2 Å². The molecule has 1 aliphatic heterocycles. The molecule has 0 aliphatic carbocycles. The summed E-state index contributed by atoms with van der Waals surface area (Å²) >= 11 is 5.79. The zero-order valence-corrected chi connectivity index (χ0v) is 11.3. The van der Waals surface area contributed by atoms with Crippen LogP contribution in [0.4, 0.5) is 11.4 Å². The summed E-state index contributed by atoms with van der Waals surface area (Å²) in [5.74, 6) is -0.222. The number of anilines is 2. The number of nitrogen functional groups attached to an aromatic ring is 1. The quantitative estimate of drug-likeness (QED) is 0.830. The third kappa shape index (κ3) is 4.38. The highest BCUT2D eigenvalue weighted by Crippen LogP contribution is 2.22. The molecule has 0 saturated carbocycles. The molecule has 1 aromatic carbocycles. The summed E-state index contributed by atoms with van der Waals surface area (Å²) in [5.41, 5.74) is 6.74. The van der Waals surface area contributed by atoms with Crippen LogP contribution >= 0.6 is 11.6 Å². The summed E-state index contributed by atoms with van der Waals surface area (Å²) in [4.78, 5) is 11.7. The highest BCUT2D eigenvalue weighted by Gasteiger charge is 2.15. The first kappa shape index (κ1) is 14.1. The Bertz CT molecular complexity index is 448. The number of nitrogens with two attached hydrogens (primary N) is 1. The third-order valence-corrected chi connectivity index (χ3v) is 3.14. The van der Waals surface area contributed by atoms with Crippen molar-refractivity contribution in [2.75, 3.05) is 30.9 Å². The number of benzene rings is 1. The van der Waals surface area contributed by atoms with Crippen LogP contribution in [-0.4, -0.2) is 31.8 Å². The highest BCUT2D eigenvalue weighted by atomic mass is 35.5. The van der Waals surface area contributed by atoms with Crippen LogP contribution in [0.5, 0.6) is 0 Å². The number of hydrogen-bond donors (Lipinski definition) is 2. The van der Waals surface area contributed by atoms with Gasteiger partial charge < -0.3 is 20.5 Å². The van der Waals surface area contributed by atoms with Crippen molar-refractivity contribution in [3.05, 3.63) is 23.2 Å². The molecule has 0 atom stereocenters. The monoisotopic (exact) mass is 284 g/mol. The van der Waals surface area contributed by atoms with Crippen LogP contribution in [-0.2, 0) is 14.3 Å². The molecule has 19 heavy (non-hydrogen) atoms. The van der Waals surface area contributed by atoms with Gasteiger partial charge in [0.2, 0.25) is 5.91 Å². The lowest BCUT2D eigenvalue weighted by atomic mass is 10.1. The van der Waals surface area contributed by atoms with E-state index in [0.29, 0.717) is 29.6 Å². The van der Waals surface area contributed by atoms with Gasteiger partial charge in [-0.1, -0.05) is 11.6 Å². The van der Waals surface area contributed by atoms with Crippen molar-refractivity contribution in [3.63, 3.8) is 0 Å². The second kappa shape index (κ2) is 6.75. The molecule has 1 fully saturated rings. The van der Waals surface area contributed by atoms with Crippen molar-refractivity contribution < 1.29 is 14.3 Å². The van der Waals surface area contributed by atoms with Gasteiger partial charge in [-0.3, -0.25) is 4.79 Å². The Kier molecular flexibility index (Phi) is 5.01. The van der Waals surface area contributed by atoms with Gasteiger partial charge in [-0.05, 0) is 31.0 Å². The number of carbonyl (C=O) groups is 1. The Morgan fingerprint density at radius 2 is 2.21 bits per heavy atom. The van der Waals surface area contributed by atoms with Crippen molar-refractivity contribution in [1.82, 2.24) is 0 Å². The summed E-state index contributed by atoms with van der Waals surface area (Å²) in [7, 11) is 0. The van der Waals surface area contributed by atoms with Gasteiger partial charge in [-0.15, -0.1) is 0 Å². The Morgan fingerprint density at radius 1 is 1.47 bits per heavy atom. The number of carbonyl (C=O) groups excluding carboxylic acids is 1. The van der Waals surface area contributed by atoms with Crippen LogP contribution in [0.15, 0.2) is 18.2 Å². The molecule has 2 rings (SSSR count). The summed E-state index contributed by atoms with van der Waals surface area (Å²) in [6.07, 6.45) is 1.76. The fourth-order valence-electron chi connectivity index (χ4n) is 1.87. The number of ether oxygens (including phenoxy) is 2. The lowest BCUT2D eigenvalue weighted by Gasteiger charge is -2.22. The molecule has 3 N–H and O–H groups in total. The smallest absolute Gasteiger partial charge is 0.250 e. The standard InChI is InChI=1S/C13H17ClN2O3/c14-9-1-2-12(11(15)7-9)16-13(17)8-19-10-3-5-18-6-4-10/h1-2,7,10H,3-6,8,15H2,(H,16,17). The van der Waals surface area contributed by atoms with Gasteiger partial charge in [-0.2, -0.15) is 0 Å². The summed E-state index contributed by atoms with van der Waals surface area (Å²) in [6, 6.07) is 4.94. The van der Waals surface area contributed by atoms with Gasteiger partial charge >= 0.3 is 0 Å². The zero-order valence-electron chi connectivity index (χ0n) is 10.5. The van der Waals surface area contributed by atoms with Crippen molar-refractivity contribution in [2.45, 2.75) is 18.9 Å². The van der Waals surface area contributed by atoms with E-state index < -0.39 is 0 Å². The second-order valence-electron chi connectivity index (χ2n) is 4.40. The van der Waals surface area contributed by atoms with Gasteiger partial charge in [-0.25, -0.2) is 0 Å². The van der Waals surface area contributed by atoms with Crippen LogP contribution in [0.1, 0.15) is 12.8 Å². The first-order valence-corrected chi connectivity index (χ1v) is 6.57. The summed E-state index contributed by atoms with van der Waals surface area (Å²) in [6.45, 7) is 1.40. The third-order valence-electron chi connectivity index (χ3n) is 2.91. The van der Waals surface area contributed by atoms with Crippen molar-refractivity contribution in [3.8, 4) is 0 Å². The van der Waals surface area contributed by atoms with Gasteiger partial charge in [0, 0.05) is 18.2 Å². The summed E-state index contributed by atoms with van der Waals surface area (Å²) < 4.78 is 10.7. The van der Waals surface area contributed by atoms with Crippen LogP contribution in [0.3, 0.4) is 0 Å². The Balaban J connectivity index is 1.80. The molecular weight excluding hydrogens is 268 g/mol. The van der Waals surface area contributed by atoms with E-state index in [4.69, 9.17) is 26.8 Å². The minimum atomic E-state index is -0.222. The van der Waals surface area contributed by atoms with Crippen LogP contribution < -0.4 is 11.1 Å². The average molecular weight is 285 g/mol. The van der Waals surface area contributed by atoms with Gasteiger partial charge in [0.25, 0.3) is 0 Å². The average Bonchev–Trinajstić information content (AvgIpc) is 2.41. The van der Waals surface area contributed by atoms with E-state index in [0.717, 1.165) is 12.8 Å². The lowest BCUT2D eigenvalue weighted by Crippen LogP contribution is -2.28. The number of nitrogens with one attached hydrogen (secondary N) is 1. The van der Waals surface area contributed by atoms with E-state index in [1.807, 2.05) is 0 Å². The van der Waals surface area contributed by atoms with Gasteiger partial charge in [0.15, 0.2) is 0 Å². The molecule has 1 heterocycles. The van der Waals surface area contributed by atoms with Crippen LogP contribution in [0.2, 0.25) is 5.02 Å². The maximum Gasteiger partial charge on any atom is 0.250 e. The molecule has 1 aliphatic rings. The topological polar surface area (TPSA) is 73.6 Å². The van der Waals surface area contributed by atoms with Gasteiger partial charge in [0.1, 0.15) is 6.61 Å². The minimum Gasteiger partial charge on any atom is -0.397 e. The number of amides is 1. The van der Waals surface area contributed by atoms with Crippen LogP contribution in [0.25, 0.3) is 0 Å². The Morgan fingerprint density at radius 3 is 2.89 bits per heavy atom. The number of rotatable bonds is 4. The van der Waals surface area contributed by atoms with E-state index >= 15 is 0 Å². The van der Waals surface area contributed by atoms with Crippen molar-refractivity contribution >= 4 is 28.9 Å². The molecule has 5 nitrogen and oxygen atoms in total. The molecule has 0 unspecified atom stereocenters. The van der Waals surface area contributed by atoms with Crippen LogP contribution in [0, 0.1) is 0 Å². The Labute approximate surface area is 117 Å². The van der Waals surface area contributed by atoms with E-state index in [-0.39, 0.29) is 18.6 Å². The molecule has 0 bridgehead atoms. The predicted octanol–water partition coefficient (Wildman–Crippen LogP) is 2.06. The molecule has 0 spiro atoms. The number of hydrogen-bond acceptors (Lipinski definition) is 4. The first-order chi connectivity index (χ1) is 9.15. The molecule has 1 amide bonds. The second-order valence-corrected chi connectivity index (χ2v) is 4.84. The maximum absolute atomic E-state index is 11.7. The van der Waals surface area contributed by atoms with E-state index in [9.17, 15) is 4.79 Å². The predicted molar refractivity (Wildman–Crippen MR) is 74.3 cm³/mol. The molecule has 1 saturated heterocycles. The highest BCUT2D eigenvalue weighted by molar-refractivity contribution is 6.31. The minimum absolute atomic E-state index is 0.0206. The molecule has 104 valence electrons. The summed E-state index contributed by atoms with van der Waals surface area (Å²) in [5, 5.41) is 3.23. The van der Waals surface area contributed by atoms with E-state index in [1.165, 1.54) is 0 Å². The zero-order chi connectivity index (χ0) is 13.7. The molecular formula is C13H17ClN2O3. The van der Waals surface area contributed by atoms with Gasteiger partial charge in [0.05, 0.1) is 17.5 Å². The van der Waals surface area contributed by atoms with E-state index in [2.05, 4.69) is 5.32 Å². The molecule has 6 heteroatoms. The Hall–Kier alpha value is -1.30. The van der Waals surface area contributed by atoms with Crippen molar-refractivity contribution in [1.29, 1.82) is 0 Å². The fourth-order valence-corrected chi connectivity index (χ4v) is 2.05. The largest absolute Gasteiger partial charge is 0.397 e. The molecule has 0 radical (unpaired) electrons. The first-order valence-electron chi connectivity index (χ1n) is 6.19. The molecule has 0 aromatic heterocycles. The number of halogens is 1. The molecule has 1 aromatic rings. The van der Waals surface area contributed by atoms with Crippen molar-refractivity contribution in [2.24, 2.45) is 0 Å². The maximum atomic E-state index is 11.7. The SMILES string of the molecule is Nc1cc(Cl)ccc1NC(=O)COC1CCOCC1.